The minimum atomic E-state index is -0.477. The Kier molecular flexibility index (Phi) is 2.58. The number of hydrogen-bond acceptors (Lipinski definition) is 3. The number of anilines is 2. The molecule has 0 unspecified atom stereocenters. The molecule has 0 spiro atoms. The van der Waals surface area contributed by atoms with Crippen molar-refractivity contribution in [3.63, 3.8) is 0 Å². The smallest absolute Gasteiger partial charge is 0.235 e. The molecule has 20 heavy (non-hydrogen) atoms. The zero-order chi connectivity index (χ0) is 13.7. The first kappa shape index (κ1) is 12.2. The highest BCUT2D eigenvalue weighted by molar-refractivity contribution is 6.02. The lowest BCUT2D eigenvalue weighted by Gasteiger charge is -2.39. The molecule has 1 amide bonds. The number of nitrogens with zero attached hydrogens (tertiary/aromatic N) is 2. The van der Waals surface area contributed by atoms with Gasteiger partial charge in [0.2, 0.25) is 5.91 Å². The van der Waals surface area contributed by atoms with Crippen molar-refractivity contribution in [3.05, 3.63) is 24.3 Å². The van der Waals surface area contributed by atoms with E-state index in [2.05, 4.69) is 11.0 Å². The molecule has 2 aliphatic carbocycles. The molecule has 0 aromatic heterocycles. The van der Waals surface area contributed by atoms with Crippen LogP contribution < -0.4 is 9.80 Å². The number of aliphatic hydroxyl groups excluding tert-OH is 1. The molecule has 1 N–H and O–H groups in total. The molecule has 3 aliphatic rings. The minimum Gasteiger partial charge on any atom is -0.395 e. The number of aliphatic hydroxyl groups is 1. The summed E-state index contributed by atoms with van der Waals surface area (Å²) >= 11 is 0. The van der Waals surface area contributed by atoms with Gasteiger partial charge >= 0.3 is 0 Å². The first-order chi connectivity index (χ1) is 9.75. The van der Waals surface area contributed by atoms with Gasteiger partial charge < -0.3 is 14.9 Å². The third kappa shape index (κ3) is 1.74. The molecule has 1 aromatic carbocycles. The maximum atomic E-state index is 12.7. The van der Waals surface area contributed by atoms with Crippen LogP contribution in [0, 0.1) is 5.41 Å². The van der Waals surface area contributed by atoms with Gasteiger partial charge in [0.05, 0.1) is 23.4 Å². The number of carbonyl (C=O) groups excluding carboxylic acids is 1. The van der Waals surface area contributed by atoms with Gasteiger partial charge in [-0.3, -0.25) is 4.79 Å². The lowest BCUT2D eigenvalue weighted by Crippen LogP contribution is -2.48. The van der Waals surface area contributed by atoms with Gasteiger partial charge in [-0.25, -0.2) is 0 Å². The number of para-hydroxylation sites is 2. The summed E-state index contributed by atoms with van der Waals surface area (Å²) in [5.41, 5.74) is 1.73. The number of fused-ring (bicyclic) bond motifs is 1. The van der Waals surface area contributed by atoms with Gasteiger partial charge in [0.15, 0.2) is 0 Å². The van der Waals surface area contributed by atoms with Gasteiger partial charge in [0, 0.05) is 19.1 Å². The van der Waals surface area contributed by atoms with Crippen molar-refractivity contribution in [1.82, 2.24) is 0 Å². The second-order valence-corrected chi connectivity index (χ2v) is 6.31. The van der Waals surface area contributed by atoms with Crippen molar-refractivity contribution in [2.45, 2.75) is 31.7 Å². The standard InChI is InChI=1S/C16H20N2O2/c19-11-16(7-8-16)15(20)18-10-9-17(12-5-6-12)13-3-1-2-4-14(13)18/h1-4,12,19H,5-11H2. The molecule has 106 valence electrons. The lowest BCUT2D eigenvalue weighted by atomic mass is 10.0. The maximum absolute atomic E-state index is 12.7. The van der Waals surface area contributed by atoms with Crippen LogP contribution in [0.2, 0.25) is 0 Å². The average molecular weight is 272 g/mol. The third-order valence-electron chi connectivity index (χ3n) is 4.89. The second-order valence-electron chi connectivity index (χ2n) is 6.31. The van der Waals surface area contributed by atoms with E-state index >= 15 is 0 Å². The van der Waals surface area contributed by atoms with Gasteiger partial charge in [-0.2, -0.15) is 0 Å². The number of hydrogen-bond donors (Lipinski definition) is 1. The summed E-state index contributed by atoms with van der Waals surface area (Å²) in [4.78, 5) is 17.1. The predicted octanol–water partition coefficient (Wildman–Crippen LogP) is 1.77. The average Bonchev–Trinajstić information content (AvgIpc) is 3.39. The number of carbonyl (C=O) groups is 1. The Balaban J connectivity index is 1.68. The van der Waals surface area contributed by atoms with E-state index in [-0.39, 0.29) is 12.5 Å². The monoisotopic (exact) mass is 272 g/mol. The highest BCUT2D eigenvalue weighted by atomic mass is 16.3. The van der Waals surface area contributed by atoms with E-state index in [0.717, 1.165) is 31.6 Å². The van der Waals surface area contributed by atoms with Crippen LogP contribution >= 0.6 is 0 Å². The van der Waals surface area contributed by atoms with Gasteiger partial charge in [-0.15, -0.1) is 0 Å². The highest BCUT2D eigenvalue weighted by Crippen LogP contribution is 2.49. The molecule has 0 saturated heterocycles. The van der Waals surface area contributed by atoms with Crippen LogP contribution in [0.15, 0.2) is 24.3 Å². The van der Waals surface area contributed by atoms with E-state index in [4.69, 9.17) is 0 Å². The summed E-state index contributed by atoms with van der Waals surface area (Å²) in [6.07, 6.45) is 4.19. The molecule has 0 bridgehead atoms. The Morgan fingerprint density at radius 1 is 1.20 bits per heavy atom. The fourth-order valence-electron chi connectivity index (χ4n) is 3.24. The SMILES string of the molecule is O=C(N1CCN(C2CC2)c2ccccc21)C1(CO)CC1. The van der Waals surface area contributed by atoms with Crippen LogP contribution in [0.3, 0.4) is 0 Å². The second kappa shape index (κ2) is 4.22. The normalized spacial score (nSPS) is 23.4. The van der Waals surface area contributed by atoms with E-state index in [9.17, 15) is 9.90 Å². The van der Waals surface area contributed by atoms with Crippen molar-refractivity contribution in [2.75, 3.05) is 29.5 Å². The number of benzene rings is 1. The molecular weight excluding hydrogens is 252 g/mol. The Morgan fingerprint density at radius 2 is 1.90 bits per heavy atom. The van der Waals surface area contributed by atoms with Crippen LogP contribution in [0.4, 0.5) is 11.4 Å². The van der Waals surface area contributed by atoms with Crippen LogP contribution in [0.5, 0.6) is 0 Å². The molecule has 2 saturated carbocycles. The molecule has 1 aromatic rings. The van der Waals surface area contributed by atoms with Crippen LogP contribution in [0.25, 0.3) is 0 Å². The topological polar surface area (TPSA) is 43.8 Å². The largest absolute Gasteiger partial charge is 0.395 e. The summed E-state index contributed by atoms with van der Waals surface area (Å²) < 4.78 is 0. The summed E-state index contributed by atoms with van der Waals surface area (Å²) in [6, 6.07) is 8.86. The molecule has 4 heteroatoms. The third-order valence-corrected chi connectivity index (χ3v) is 4.89. The van der Waals surface area contributed by atoms with Gasteiger partial charge in [0.1, 0.15) is 0 Å². The van der Waals surface area contributed by atoms with Crippen LogP contribution in [-0.4, -0.2) is 36.8 Å². The first-order valence-corrected chi connectivity index (χ1v) is 7.54. The summed E-state index contributed by atoms with van der Waals surface area (Å²) in [5, 5.41) is 9.50. The van der Waals surface area contributed by atoms with Crippen molar-refractivity contribution >= 4 is 17.3 Å². The molecule has 2 fully saturated rings. The predicted molar refractivity (Wildman–Crippen MR) is 77.9 cm³/mol. The summed E-state index contributed by atoms with van der Waals surface area (Å²) in [6.45, 7) is 1.64. The van der Waals surface area contributed by atoms with Crippen molar-refractivity contribution in [3.8, 4) is 0 Å². The highest BCUT2D eigenvalue weighted by Gasteiger charge is 2.52. The Hall–Kier alpha value is -1.55. The molecular formula is C16H20N2O2. The molecule has 1 heterocycles. The zero-order valence-corrected chi connectivity index (χ0v) is 11.6. The van der Waals surface area contributed by atoms with Gasteiger partial charge in [-0.05, 0) is 37.8 Å². The summed E-state index contributed by atoms with van der Waals surface area (Å²) in [7, 11) is 0. The molecule has 0 atom stereocenters. The fraction of sp³-hybridized carbons (Fsp3) is 0.562. The number of amides is 1. The van der Waals surface area contributed by atoms with E-state index in [1.165, 1.54) is 18.5 Å². The summed E-state index contributed by atoms with van der Waals surface area (Å²) in [5.74, 6) is 0.114. The quantitative estimate of drug-likeness (QED) is 0.912. The van der Waals surface area contributed by atoms with E-state index in [0.29, 0.717) is 6.04 Å². The lowest BCUT2D eigenvalue weighted by molar-refractivity contribution is -0.125. The number of rotatable bonds is 3. The minimum absolute atomic E-state index is 0.0170. The molecule has 4 nitrogen and oxygen atoms in total. The molecule has 0 radical (unpaired) electrons. The van der Waals surface area contributed by atoms with E-state index in [1.54, 1.807) is 0 Å². The molecule has 4 rings (SSSR count). The van der Waals surface area contributed by atoms with Gasteiger partial charge in [0.25, 0.3) is 0 Å². The molecule has 1 aliphatic heterocycles. The van der Waals surface area contributed by atoms with E-state index in [1.807, 2.05) is 23.1 Å². The van der Waals surface area contributed by atoms with E-state index < -0.39 is 5.41 Å². The fourth-order valence-corrected chi connectivity index (χ4v) is 3.24. The van der Waals surface area contributed by atoms with Crippen LogP contribution in [0.1, 0.15) is 25.7 Å². The Labute approximate surface area is 119 Å². The van der Waals surface area contributed by atoms with Crippen molar-refractivity contribution < 1.29 is 9.90 Å². The van der Waals surface area contributed by atoms with Crippen LogP contribution in [-0.2, 0) is 4.79 Å². The maximum Gasteiger partial charge on any atom is 0.235 e. The van der Waals surface area contributed by atoms with Gasteiger partial charge in [-0.1, -0.05) is 12.1 Å². The Morgan fingerprint density at radius 3 is 2.50 bits per heavy atom. The van der Waals surface area contributed by atoms with Crippen molar-refractivity contribution in [2.24, 2.45) is 5.41 Å². The Bertz CT molecular complexity index is 549. The zero-order valence-electron chi connectivity index (χ0n) is 11.6. The van der Waals surface area contributed by atoms with Crippen molar-refractivity contribution in [1.29, 1.82) is 0 Å². The first-order valence-electron chi connectivity index (χ1n) is 7.54.